The number of benzene rings is 2. The summed E-state index contributed by atoms with van der Waals surface area (Å²) in [5.74, 6) is -0.958. The smallest absolute Gasteiger partial charge is 0.326 e. The summed E-state index contributed by atoms with van der Waals surface area (Å²) in [4.78, 5) is 48.4. The van der Waals surface area contributed by atoms with Crippen molar-refractivity contribution in [3.63, 3.8) is 0 Å². The van der Waals surface area contributed by atoms with Crippen LogP contribution in [0.2, 0.25) is 0 Å². The molecular weight excluding hydrogens is 542 g/mol. The third kappa shape index (κ3) is 9.36. The van der Waals surface area contributed by atoms with Crippen LogP contribution < -0.4 is 26.0 Å². The van der Waals surface area contributed by atoms with Crippen molar-refractivity contribution in [1.29, 1.82) is 0 Å². The highest BCUT2D eigenvalue weighted by atomic mass is 16.5. The summed E-state index contributed by atoms with van der Waals surface area (Å²) in [5.41, 5.74) is 3.06. The van der Waals surface area contributed by atoms with E-state index in [0.29, 0.717) is 40.6 Å². The lowest BCUT2D eigenvalue weighted by Crippen LogP contribution is -2.41. The zero-order chi connectivity index (χ0) is 30.8. The van der Waals surface area contributed by atoms with E-state index in [1.165, 1.54) is 14.0 Å². The number of aryl methyl sites for hydroxylation is 1. The van der Waals surface area contributed by atoms with E-state index in [-0.39, 0.29) is 24.7 Å². The molecular formula is C30H37N5O7. The molecule has 0 saturated heterocycles. The van der Waals surface area contributed by atoms with Gasteiger partial charge in [-0.2, -0.15) is 0 Å². The lowest BCUT2D eigenvalue weighted by atomic mass is 10.0. The van der Waals surface area contributed by atoms with E-state index >= 15 is 0 Å². The summed E-state index contributed by atoms with van der Waals surface area (Å²) < 4.78 is 10.9. The van der Waals surface area contributed by atoms with E-state index in [1.807, 2.05) is 39.0 Å². The van der Waals surface area contributed by atoms with Crippen LogP contribution in [0.15, 0.2) is 53.1 Å². The minimum Gasteiger partial charge on any atom is -0.495 e. The Bertz CT molecular complexity index is 1420. The first-order valence-corrected chi connectivity index (χ1v) is 13.5. The molecule has 0 aliphatic carbocycles. The number of carboxylic acids is 1. The number of ether oxygens (including phenoxy) is 1. The number of para-hydroxylation sites is 1. The van der Waals surface area contributed by atoms with Gasteiger partial charge in [0.1, 0.15) is 11.8 Å². The highest BCUT2D eigenvalue weighted by Crippen LogP contribution is 2.27. The third-order valence-corrected chi connectivity index (χ3v) is 6.32. The number of carboxylic acid groups (broad SMARTS) is 1. The number of hydrogen-bond donors (Lipinski definition) is 5. The van der Waals surface area contributed by atoms with Crippen molar-refractivity contribution in [1.82, 2.24) is 15.8 Å². The number of rotatable bonds is 13. The number of aliphatic carboxylic acids is 1. The van der Waals surface area contributed by atoms with E-state index in [2.05, 4.69) is 26.4 Å². The lowest BCUT2D eigenvalue weighted by Gasteiger charge is -2.18. The quantitative estimate of drug-likeness (QED) is 0.200. The average molecular weight is 580 g/mol. The molecule has 1 aromatic heterocycles. The molecule has 0 radical (unpaired) electrons. The molecule has 5 N–H and O–H groups in total. The van der Waals surface area contributed by atoms with Crippen LogP contribution in [0.3, 0.4) is 0 Å². The number of nitrogens with zero attached hydrogens (tertiary/aromatic N) is 1. The van der Waals surface area contributed by atoms with Crippen molar-refractivity contribution in [2.45, 2.75) is 59.0 Å². The van der Waals surface area contributed by atoms with Gasteiger partial charge in [-0.15, -0.1) is 0 Å². The van der Waals surface area contributed by atoms with Gasteiger partial charge in [-0.1, -0.05) is 43.3 Å². The van der Waals surface area contributed by atoms with Gasteiger partial charge in [0, 0.05) is 25.1 Å². The Morgan fingerprint density at radius 1 is 1.00 bits per heavy atom. The maximum atomic E-state index is 13.1. The number of methoxy groups -OCH3 is 1. The van der Waals surface area contributed by atoms with Crippen molar-refractivity contribution in [3.8, 4) is 5.75 Å². The van der Waals surface area contributed by atoms with Gasteiger partial charge < -0.3 is 35.6 Å². The molecule has 0 saturated carbocycles. The number of carbonyl (C=O) groups excluding carboxylic acids is 3. The number of urea groups is 1. The van der Waals surface area contributed by atoms with Crippen molar-refractivity contribution < 1.29 is 33.5 Å². The van der Waals surface area contributed by atoms with Gasteiger partial charge in [-0.3, -0.25) is 9.59 Å². The molecule has 2 aromatic carbocycles. The van der Waals surface area contributed by atoms with Crippen LogP contribution >= 0.6 is 0 Å². The average Bonchev–Trinajstić information content (AvgIpc) is 3.38. The summed E-state index contributed by atoms with van der Waals surface area (Å²) in [7, 11) is 1.48. The Morgan fingerprint density at radius 2 is 1.71 bits per heavy atom. The molecule has 3 rings (SSSR count). The number of amides is 4. The Hall–Kier alpha value is -4.87. The molecule has 2 unspecified atom stereocenters. The monoisotopic (exact) mass is 579 g/mol. The summed E-state index contributed by atoms with van der Waals surface area (Å²) >= 11 is 0. The first-order chi connectivity index (χ1) is 19.9. The molecule has 0 aliphatic heterocycles. The Kier molecular flexibility index (Phi) is 11.1. The van der Waals surface area contributed by atoms with E-state index in [4.69, 9.17) is 9.26 Å². The van der Waals surface area contributed by atoms with E-state index in [0.717, 1.165) is 5.56 Å². The second-order valence-corrected chi connectivity index (χ2v) is 10.4. The fourth-order valence-electron chi connectivity index (χ4n) is 4.33. The van der Waals surface area contributed by atoms with Gasteiger partial charge >= 0.3 is 12.0 Å². The second-order valence-electron chi connectivity index (χ2n) is 10.4. The van der Waals surface area contributed by atoms with Gasteiger partial charge in [0.15, 0.2) is 5.76 Å². The zero-order valence-electron chi connectivity index (χ0n) is 24.3. The van der Waals surface area contributed by atoms with Crippen LogP contribution in [-0.2, 0) is 27.2 Å². The molecule has 12 heteroatoms. The number of carbonyl (C=O) groups is 4. The zero-order valence-corrected chi connectivity index (χ0v) is 24.3. The van der Waals surface area contributed by atoms with Crippen LogP contribution in [-0.4, -0.2) is 47.2 Å². The SMILES string of the molecule is COc1cc(CC(=O)NC(CC(C)C)c2cc(CC(NC(C)=O)C(=O)O)no2)ccc1NC(=O)Nc1ccccc1C. The van der Waals surface area contributed by atoms with Crippen LogP contribution in [0.25, 0.3) is 0 Å². The second kappa shape index (κ2) is 14.7. The molecule has 0 spiro atoms. The van der Waals surface area contributed by atoms with E-state index in [1.54, 1.807) is 30.3 Å². The fourth-order valence-corrected chi connectivity index (χ4v) is 4.33. The summed E-state index contributed by atoms with van der Waals surface area (Å²) in [6.07, 6.45) is 0.520. The van der Waals surface area contributed by atoms with Gasteiger partial charge in [0.25, 0.3) is 0 Å². The van der Waals surface area contributed by atoms with Gasteiger partial charge in [0.05, 0.1) is 31.0 Å². The van der Waals surface area contributed by atoms with Crippen molar-refractivity contribution in [2.75, 3.05) is 17.7 Å². The molecule has 1 heterocycles. The fraction of sp³-hybridized carbons (Fsp3) is 0.367. The first kappa shape index (κ1) is 31.7. The highest BCUT2D eigenvalue weighted by Gasteiger charge is 2.25. The minimum atomic E-state index is -1.19. The maximum Gasteiger partial charge on any atom is 0.326 e. The highest BCUT2D eigenvalue weighted by molar-refractivity contribution is 6.01. The van der Waals surface area contributed by atoms with Crippen LogP contribution in [0, 0.1) is 12.8 Å². The Balaban J connectivity index is 1.67. The molecule has 42 heavy (non-hydrogen) atoms. The van der Waals surface area contributed by atoms with Gasteiger partial charge in [-0.25, -0.2) is 9.59 Å². The van der Waals surface area contributed by atoms with Gasteiger partial charge in [0.2, 0.25) is 11.8 Å². The predicted molar refractivity (Wildman–Crippen MR) is 156 cm³/mol. The number of hydrogen-bond acceptors (Lipinski definition) is 7. The molecule has 0 aliphatic rings. The normalized spacial score (nSPS) is 12.2. The molecule has 3 aromatic rings. The van der Waals surface area contributed by atoms with Crippen LogP contribution in [0.5, 0.6) is 5.75 Å². The summed E-state index contributed by atoms with van der Waals surface area (Å²) in [6, 6.07) is 12.0. The van der Waals surface area contributed by atoms with E-state index < -0.39 is 30.0 Å². The van der Waals surface area contributed by atoms with Crippen molar-refractivity contribution in [2.24, 2.45) is 5.92 Å². The van der Waals surface area contributed by atoms with Crippen molar-refractivity contribution >= 4 is 35.2 Å². The topological polar surface area (TPSA) is 172 Å². The van der Waals surface area contributed by atoms with Crippen LogP contribution in [0.1, 0.15) is 55.8 Å². The minimum absolute atomic E-state index is 0.0330. The van der Waals surface area contributed by atoms with Gasteiger partial charge in [-0.05, 0) is 48.6 Å². The molecule has 0 fully saturated rings. The number of anilines is 2. The van der Waals surface area contributed by atoms with Crippen molar-refractivity contribution in [3.05, 3.63) is 71.1 Å². The lowest BCUT2D eigenvalue weighted by molar-refractivity contribution is -0.141. The number of aromatic nitrogens is 1. The summed E-state index contributed by atoms with van der Waals surface area (Å²) in [6.45, 7) is 7.13. The Morgan fingerprint density at radius 3 is 2.36 bits per heavy atom. The number of nitrogens with one attached hydrogen (secondary N) is 4. The first-order valence-electron chi connectivity index (χ1n) is 13.5. The maximum absolute atomic E-state index is 13.1. The molecule has 12 nitrogen and oxygen atoms in total. The third-order valence-electron chi connectivity index (χ3n) is 6.32. The van der Waals surface area contributed by atoms with Crippen LogP contribution in [0.4, 0.5) is 16.2 Å². The molecule has 0 bridgehead atoms. The largest absolute Gasteiger partial charge is 0.495 e. The molecule has 4 amide bonds. The predicted octanol–water partition coefficient (Wildman–Crippen LogP) is 4.21. The Labute approximate surface area is 244 Å². The van der Waals surface area contributed by atoms with E-state index in [9.17, 15) is 24.3 Å². The standard InChI is InChI=1S/C30H37N5O7/c1-17(2)12-24(27-16-21(35-42-27)15-25(29(38)39)31-19(4)36)32-28(37)14-20-10-11-23(26(13-20)41-5)34-30(40)33-22-9-7-6-8-18(22)3/h6-11,13,16-17,24-25H,12,14-15H2,1-5H3,(H,31,36)(H,32,37)(H,38,39)(H2,33,34,40). The summed E-state index contributed by atoms with van der Waals surface area (Å²) in [5, 5.41) is 24.3. The molecule has 224 valence electrons. The molecule has 2 atom stereocenters.